The van der Waals surface area contributed by atoms with Crippen molar-refractivity contribution in [2.75, 3.05) is 33.3 Å². The molecular weight excluding hydrogens is 316 g/mol. The van der Waals surface area contributed by atoms with Gasteiger partial charge in [0.15, 0.2) is 0 Å². The first-order valence-electron chi connectivity index (χ1n) is 8.85. The van der Waals surface area contributed by atoms with Gasteiger partial charge in [0.2, 0.25) is 11.8 Å². The lowest BCUT2D eigenvalue weighted by atomic mass is 9.94. The van der Waals surface area contributed by atoms with E-state index in [-0.39, 0.29) is 17.2 Å². The predicted molar refractivity (Wildman–Crippen MR) is 98.8 cm³/mol. The van der Waals surface area contributed by atoms with E-state index < -0.39 is 0 Å². The van der Waals surface area contributed by atoms with Crippen LogP contribution in [0.25, 0.3) is 0 Å². The van der Waals surface area contributed by atoms with Gasteiger partial charge in [-0.15, -0.1) is 0 Å². The molecule has 0 aliphatic carbocycles. The Balaban J connectivity index is 1.98. The van der Waals surface area contributed by atoms with Crippen LogP contribution in [0, 0.1) is 19.3 Å². The fraction of sp³-hybridized carbons (Fsp3) is 0.600. The molecule has 1 aromatic rings. The fourth-order valence-corrected chi connectivity index (χ4v) is 3.17. The molecule has 0 atom stereocenters. The van der Waals surface area contributed by atoms with E-state index in [0.717, 1.165) is 22.4 Å². The number of carbonyl (C=O) groups is 2. The van der Waals surface area contributed by atoms with E-state index in [0.29, 0.717) is 32.6 Å². The quantitative estimate of drug-likeness (QED) is 0.845. The van der Waals surface area contributed by atoms with Crippen LogP contribution in [-0.2, 0) is 16.0 Å². The second kappa shape index (κ2) is 7.46. The molecule has 1 heterocycles. The van der Waals surface area contributed by atoms with Crippen LogP contribution in [0.3, 0.4) is 0 Å². The lowest BCUT2D eigenvalue weighted by molar-refractivity contribution is -0.144. The summed E-state index contributed by atoms with van der Waals surface area (Å²) in [7, 11) is 1.66. The highest BCUT2D eigenvalue weighted by Gasteiger charge is 2.30. The van der Waals surface area contributed by atoms with Crippen LogP contribution in [0.4, 0.5) is 0 Å². The van der Waals surface area contributed by atoms with E-state index >= 15 is 0 Å². The molecule has 0 radical (unpaired) electrons. The summed E-state index contributed by atoms with van der Waals surface area (Å²) in [6.07, 6.45) is 0.393. The highest BCUT2D eigenvalue weighted by molar-refractivity contribution is 5.82. The number of piperazine rings is 1. The summed E-state index contributed by atoms with van der Waals surface area (Å²) in [4.78, 5) is 28.7. The highest BCUT2D eigenvalue weighted by Crippen LogP contribution is 2.25. The minimum absolute atomic E-state index is 0.121. The van der Waals surface area contributed by atoms with Gasteiger partial charge in [0.25, 0.3) is 0 Å². The van der Waals surface area contributed by atoms with Crippen molar-refractivity contribution in [2.45, 2.75) is 41.0 Å². The third kappa shape index (κ3) is 4.33. The van der Waals surface area contributed by atoms with Crippen LogP contribution in [0.1, 0.15) is 37.5 Å². The van der Waals surface area contributed by atoms with E-state index in [4.69, 9.17) is 4.74 Å². The average Bonchev–Trinajstić information content (AvgIpc) is 2.58. The van der Waals surface area contributed by atoms with Gasteiger partial charge in [0, 0.05) is 31.6 Å². The normalized spacial score (nSPS) is 15.3. The van der Waals surface area contributed by atoms with Gasteiger partial charge in [-0.25, -0.2) is 0 Å². The maximum Gasteiger partial charge on any atom is 0.228 e. The predicted octanol–water partition coefficient (Wildman–Crippen LogP) is 2.57. The number of methoxy groups -OCH3 is 1. The molecule has 2 amide bonds. The summed E-state index contributed by atoms with van der Waals surface area (Å²) >= 11 is 0. The molecular formula is C20H30N2O3. The van der Waals surface area contributed by atoms with Gasteiger partial charge in [-0.05, 0) is 36.6 Å². The molecule has 1 aliphatic rings. The summed E-state index contributed by atoms with van der Waals surface area (Å²) < 4.78 is 5.33. The summed E-state index contributed by atoms with van der Waals surface area (Å²) in [5, 5.41) is 0. The maximum atomic E-state index is 12.7. The number of hydrogen-bond acceptors (Lipinski definition) is 3. The molecule has 25 heavy (non-hydrogen) atoms. The summed E-state index contributed by atoms with van der Waals surface area (Å²) in [6.45, 7) is 12.3. The number of rotatable bonds is 3. The van der Waals surface area contributed by atoms with Crippen molar-refractivity contribution in [3.63, 3.8) is 0 Å². The first-order valence-corrected chi connectivity index (χ1v) is 8.85. The van der Waals surface area contributed by atoms with Crippen molar-refractivity contribution in [3.05, 3.63) is 28.8 Å². The zero-order valence-electron chi connectivity index (χ0n) is 16.3. The Labute approximate surface area is 150 Å². The molecule has 1 aliphatic heterocycles. The Morgan fingerprint density at radius 1 is 1.00 bits per heavy atom. The zero-order valence-corrected chi connectivity index (χ0v) is 16.3. The molecule has 138 valence electrons. The van der Waals surface area contributed by atoms with Crippen LogP contribution < -0.4 is 4.74 Å². The summed E-state index contributed by atoms with van der Waals surface area (Å²) in [5.74, 6) is 1.12. The Hall–Kier alpha value is -2.04. The van der Waals surface area contributed by atoms with Crippen molar-refractivity contribution in [1.82, 2.24) is 9.80 Å². The van der Waals surface area contributed by atoms with Crippen molar-refractivity contribution >= 4 is 11.8 Å². The SMILES string of the molecule is COc1ccc(CC(=O)N2CCN(C(=O)C(C)(C)C)CC2)c(C)c1C. The molecule has 0 saturated carbocycles. The topological polar surface area (TPSA) is 49.9 Å². The van der Waals surface area contributed by atoms with Gasteiger partial charge in [-0.1, -0.05) is 26.8 Å². The number of amides is 2. The van der Waals surface area contributed by atoms with Crippen LogP contribution in [0.2, 0.25) is 0 Å². The number of carbonyl (C=O) groups excluding carboxylic acids is 2. The second-order valence-corrected chi connectivity index (χ2v) is 7.78. The Morgan fingerprint density at radius 2 is 1.56 bits per heavy atom. The Bertz CT molecular complexity index is 654. The van der Waals surface area contributed by atoms with E-state index in [2.05, 4.69) is 0 Å². The average molecular weight is 346 g/mol. The Kier molecular flexibility index (Phi) is 5.76. The lowest BCUT2D eigenvalue weighted by Gasteiger charge is -2.37. The summed E-state index contributed by atoms with van der Waals surface area (Å²) in [6, 6.07) is 3.89. The van der Waals surface area contributed by atoms with E-state index in [1.165, 1.54) is 0 Å². The molecule has 1 saturated heterocycles. The van der Waals surface area contributed by atoms with Gasteiger partial charge in [0.05, 0.1) is 13.5 Å². The second-order valence-electron chi connectivity index (χ2n) is 7.78. The minimum atomic E-state index is -0.371. The van der Waals surface area contributed by atoms with Crippen LogP contribution >= 0.6 is 0 Å². The van der Waals surface area contributed by atoms with Crippen molar-refractivity contribution in [3.8, 4) is 5.75 Å². The zero-order chi connectivity index (χ0) is 18.8. The molecule has 0 aromatic heterocycles. The molecule has 0 spiro atoms. The third-order valence-electron chi connectivity index (χ3n) is 4.97. The molecule has 0 unspecified atom stereocenters. The first kappa shape index (κ1) is 19.3. The first-order chi connectivity index (χ1) is 11.6. The van der Waals surface area contributed by atoms with Gasteiger partial charge < -0.3 is 14.5 Å². The molecule has 1 fully saturated rings. The van der Waals surface area contributed by atoms with Crippen LogP contribution in [-0.4, -0.2) is 54.9 Å². The monoisotopic (exact) mass is 346 g/mol. The number of benzene rings is 1. The highest BCUT2D eigenvalue weighted by atomic mass is 16.5. The smallest absolute Gasteiger partial charge is 0.228 e. The molecule has 1 aromatic carbocycles. The number of nitrogens with zero attached hydrogens (tertiary/aromatic N) is 2. The minimum Gasteiger partial charge on any atom is -0.496 e. The summed E-state index contributed by atoms with van der Waals surface area (Å²) in [5.41, 5.74) is 2.85. The van der Waals surface area contributed by atoms with Crippen molar-refractivity contribution < 1.29 is 14.3 Å². The molecule has 5 nitrogen and oxygen atoms in total. The molecule has 2 rings (SSSR count). The van der Waals surface area contributed by atoms with Crippen LogP contribution in [0.5, 0.6) is 5.75 Å². The molecule has 5 heteroatoms. The molecule has 0 N–H and O–H groups in total. The van der Waals surface area contributed by atoms with Gasteiger partial charge >= 0.3 is 0 Å². The van der Waals surface area contributed by atoms with E-state index in [9.17, 15) is 9.59 Å². The lowest BCUT2D eigenvalue weighted by Crippen LogP contribution is -2.53. The van der Waals surface area contributed by atoms with Gasteiger partial charge in [0.1, 0.15) is 5.75 Å². The van der Waals surface area contributed by atoms with Gasteiger partial charge in [-0.3, -0.25) is 9.59 Å². The van der Waals surface area contributed by atoms with Crippen molar-refractivity contribution in [2.24, 2.45) is 5.41 Å². The number of ether oxygens (including phenoxy) is 1. The van der Waals surface area contributed by atoms with Crippen LogP contribution in [0.15, 0.2) is 12.1 Å². The third-order valence-corrected chi connectivity index (χ3v) is 4.97. The standard InChI is InChI=1S/C20H30N2O3/c1-14-15(2)17(25-6)8-7-16(14)13-18(23)21-9-11-22(12-10-21)19(24)20(3,4)5/h7-8H,9-13H2,1-6H3. The largest absolute Gasteiger partial charge is 0.496 e. The van der Waals surface area contributed by atoms with E-state index in [1.807, 2.05) is 56.6 Å². The fourth-order valence-electron chi connectivity index (χ4n) is 3.17. The van der Waals surface area contributed by atoms with Gasteiger partial charge in [-0.2, -0.15) is 0 Å². The van der Waals surface area contributed by atoms with E-state index in [1.54, 1.807) is 7.11 Å². The maximum absolute atomic E-state index is 12.7. The Morgan fingerprint density at radius 3 is 2.08 bits per heavy atom. The molecule has 0 bridgehead atoms. The van der Waals surface area contributed by atoms with Crippen molar-refractivity contribution in [1.29, 1.82) is 0 Å². The number of hydrogen-bond donors (Lipinski definition) is 0.